The van der Waals surface area contributed by atoms with Gasteiger partial charge >= 0.3 is 0 Å². The number of guanidine groups is 1. The van der Waals surface area contributed by atoms with Gasteiger partial charge in [-0.15, -0.1) is 35.3 Å². The molecule has 0 aliphatic heterocycles. The smallest absolute Gasteiger partial charge is 0.239 e. The summed E-state index contributed by atoms with van der Waals surface area (Å²) in [4.78, 5) is 20.0. The molecule has 0 saturated heterocycles. The van der Waals surface area contributed by atoms with Gasteiger partial charge in [0.05, 0.1) is 23.9 Å². The van der Waals surface area contributed by atoms with Gasteiger partial charge in [-0.1, -0.05) is 0 Å². The normalized spacial score (nSPS) is 10.8. The average Bonchev–Trinajstić information content (AvgIpc) is 2.88. The number of rotatable bonds is 8. The van der Waals surface area contributed by atoms with Crippen LogP contribution in [0.5, 0.6) is 0 Å². The van der Waals surface area contributed by atoms with Crippen LogP contribution in [0.25, 0.3) is 0 Å². The van der Waals surface area contributed by atoms with Crippen molar-refractivity contribution in [1.29, 1.82) is 0 Å². The van der Waals surface area contributed by atoms with E-state index in [1.54, 1.807) is 25.5 Å². The molecule has 0 atom stereocenters. The van der Waals surface area contributed by atoms with Crippen LogP contribution in [0, 0.1) is 6.92 Å². The molecule has 0 aliphatic carbocycles. The topological polar surface area (TPSA) is 87.6 Å². The molecule has 1 aromatic rings. The van der Waals surface area contributed by atoms with Gasteiger partial charge in [0.25, 0.3) is 0 Å². The van der Waals surface area contributed by atoms with Crippen molar-refractivity contribution >= 4 is 47.2 Å². The number of nitrogens with zero attached hydrogens (tertiary/aromatic N) is 2. The second-order valence-electron chi connectivity index (χ2n) is 4.30. The van der Waals surface area contributed by atoms with Gasteiger partial charge in [-0.05, 0) is 6.92 Å². The Hall–Kier alpha value is -0.940. The molecule has 1 aromatic heterocycles. The summed E-state index contributed by atoms with van der Waals surface area (Å²) in [6.45, 7) is 3.90. The van der Waals surface area contributed by atoms with Crippen LogP contribution in [0.3, 0.4) is 0 Å². The Morgan fingerprint density at radius 3 is 2.73 bits per heavy atom. The first kappa shape index (κ1) is 21.1. The highest BCUT2D eigenvalue weighted by molar-refractivity contribution is 14.0. The van der Waals surface area contributed by atoms with Crippen LogP contribution in [-0.4, -0.2) is 57.2 Å². The molecule has 1 heterocycles. The number of aryl methyl sites for hydroxylation is 1. The molecule has 3 N–H and O–H groups in total. The van der Waals surface area contributed by atoms with E-state index >= 15 is 0 Å². The third-order valence-corrected chi connectivity index (χ3v) is 3.43. The monoisotopic (exact) mass is 441 g/mol. The maximum atomic E-state index is 11.5. The van der Waals surface area contributed by atoms with Crippen molar-refractivity contribution in [3.05, 3.63) is 16.1 Å². The number of carbonyl (C=O) groups excluding carboxylic acids is 1. The van der Waals surface area contributed by atoms with E-state index in [0.717, 1.165) is 17.1 Å². The minimum Gasteiger partial charge on any atom is -0.383 e. The minimum absolute atomic E-state index is 0. The lowest BCUT2D eigenvalue weighted by Crippen LogP contribution is -2.44. The van der Waals surface area contributed by atoms with E-state index in [1.807, 2.05) is 6.92 Å². The van der Waals surface area contributed by atoms with E-state index in [2.05, 4.69) is 31.3 Å². The predicted octanol–water partition coefficient (Wildman–Crippen LogP) is 0.540. The number of amides is 1. The molecule has 0 bridgehead atoms. The van der Waals surface area contributed by atoms with Crippen LogP contribution < -0.4 is 16.0 Å². The lowest BCUT2D eigenvalue weighted by molar-refractivity contribution is -0.120. The number of nitrogens with one attached hydrogen (secondary N) is 3. The third kappa shape index (κ3) is 9.15. The number of hydrogen-bond acceptors (Lipinski definition) is 5. The van der Waals surface area contributed by atoms with Crippen molar-refractivity contribution in [3.8, 4) is 0 Å². The molecule has 22 heavy (non-hydrogen) atoms. The summed E-state index contributed by atoms with van der Waals surface area (Å²) in [5, 5.41) is 12.0. The second-order valence-corrected chi connectivity index (χ2v) is 5.37. The molecule has 0 unspecified atom stereocenters. The molecule has 1 amide bonds. The Morgan fingerprint density at radius 1 is 1.36 bits per heavy atom. The molecular weight excluding hydrogens is 417 g/mol. The molecular formula is C13H24IN5O2S. The fourth-order valence-electron chi connectivity index (χ4n) is 1.57. The van der Waals surface area contributed by atoms with Crippen LogP contribution in [0.15, 0.2) is 10.4 Å². The Balaban J connectivity index is 0.00000441. The van der Waals surface area contributed by atoms with Crippen molar-refractivity contribution in [2.24, 2.45) is 4.99 Å². The summed E-state index contributed by atoms with van der Waals surface area (Å²) in [6.07, 6.45) is 0.824. The average molecular weight is 441 g/mol. The lowest BCUT2D eigenvalue weighted by atomic mass is 10.3. The minimum atomic E-state index is -0.0925. The molecule has 0 aliphatic rings. The van der Waals surface area contributed by atoms with Crippen LogP contribution in [-0.2, 0) is 16.0 Å². The SMILES string of the molecule is CN=C(NCCc1csc(C)n1)NCC(=O)NCCOC.I. The summed E-state index contributed by atoms with van der Waals surface area (Å²) in [5.41, 5.74) is 1.07. The highest BCUT2D eigenvalue weighted by Gasteiger charge is 2.03. The van der Waals surface area contributed by atoms with E-state index < -0.39 is 0 Å². The molecule has 0 aromatic carbocycles. The summed E-state index contributed by atoms with van der Waals surface area (Å²) in [5.74, 6) is 0.508. The first-order valence-corrected chi connectivity index (χ1v) is 7.65. The molecule has 9 heteroatoms. The number of aromatic nitrogens is 1. The number of methoxy groups -OCH3 is 1. The van der Waals surface area contributed by atoms with Crippen molar-refractivity contribution in [1.82, 2.24) is 20.9 Å². The van der Waals surface area contributed by atoms with E-state index in [0.29, 0.717) is 25.7 Å². The molecule has 0 fully saturated rings. The lowest BCUT2D eigenvalue weighted by Gasteiger charge is -2.11. The van der Waals surface area contributed by atoms with Gasteiger partial charge in [0.15, 0.2) is 5.96 Å². The van der Waals surface area contributed by atoms with Gasteiger partial charge in [0, 0.05) is 39.0 Å². The fraction of sp³-hybridized carbons (Fsp3) is 0.615. The van der Waals surface area contributed by atoms with Gasteiger partial charge in [-0.3, -0.25) is 9.79 Å². The predicted molar refractivity (Wildman–Crippen MR) is 100 cm³/mol. The highest BCUT2D eigenvalue weighted by Crippen LogP contribution is 2.07. The molecule has 7 nitrogen and oxygen atoms in total. The Bertz CT molecular complexity index is 467. The number of thiazole rings is 1. The number of aliphatic imine (C=N–C) groups is 1. The molecule has 126 valence electrons. The third-order valence-electron chi connectivity index (χ3n) is 2.61. The van der Waals surface area contributed by atoms with Gasteiger partial charge < -0.3 is 20.7 Å². The van der Waals surface area contributed by atoms with E-state index in [-0.39, 0.29) is 36.4 Å². The molecule has 0 radical (unpaired) electrons. The largest absolute Gasteiger partial charge is 0.383 e. The van der Waals surface area contributed by atoms with Gasteiger partial charge in [0.1, 0.15) is 0 Å². The Labute approximate surface area is 152 Å². The van der Waals surface area contributed by atoms with Gasteiger partial charge in [-0.25, -0.2) is 4.98 Å². The summed E-state index contributed by atoms with van der Waals surface area (Å²) in [7, 11) is 3.27. The zero-order valence-corrected chi connectivity index (χ0v) is 16.3. The Kier molecular flexibility index (Phi) is 12.1. The molecule has 0 saturated carbocycles. The number of hydrogen-bond donors (Lipinski definition) is 3. The van der Waals surface area contributed by atoms with Crippen molar-refractivity contribution in [2.75, 3.05) is 40.4 Å². The number of carbonyl (C=O) groups is 1. The first-order valence-electron chi connectivity index (χ1n) is 6.77. The van der Waals surface area contributed by atoms with E-state index in [4.69, 9.17) is 4.74 Å². The Morgan fingerprint density at radius 2 is 2.14 bits per heavy atom. The fourth-order valence-corrected chi connectivity index (χ4v) is 2.22. The number of halogens is 1. The molecule has 0 spiro atoms. The van der Waals surface area contributed by atoms with Crippen molar-refractivity contribution < 1.29 is 9.53 Å². The quantitative estimate of drug-likeness (QED) is 0.237. The van der Waals surface area contributed by atoms with Crippen LogP contribution in [0.1, 0.15) is 10.7 Å². The van der Waals surface area contributed by atoms with E-state index in [9.17, 15) is 4.79 Å². The van der Waals surface area contributed by atoms with Crippen molar-refractivity contribution in [2.45, 2.75) is 13.3 Å². The summed E-state index contributed by atoms with van der Waals surface area (Å²) < 4.78 is 4.86. The van der Waals surface area contributed by atoms with Gasteiger partial charge in [0.2, 0.25) is 5.91 Å². The highest BCUT2D eigenvalue weighted by atomic mass is 127. The molecule has 1 rings (SSSR count). The maximum absolute atomic E-state index is 11.5. The standard InChI is InChI=1S/C13H23N5O2S.HI/c1-10-18-11(9-21-10)4-5-16-13(14-2)17-8-12(19)15-6-7-20-3;/h9H,4-8H2,1-3H3,(H,15,19)(H2,14,16,17);1H. The van der Waals surface area contributed by atoms with Crippen LogP contribution in [0.4, 0.5) is 0 Å². The number of ether oxygens (including phenoxy) is 1. The van der Waals surface area contributed by atoms with Crippen LogP contribution >= 0.6 is 35.3 Å². The van der Waals surface area contributed by atoms with Gasteiger partial charge in [-0.2, -0.15) is 0 Å². The van der Waals surface area contributed by atoms with E-state index in [1.165, 1.54) is 0 Å². The van der Waals surface area contributed by atoms with Crippen LogP contribution in [0.2, 0.25) is 0 Å². The summed E-state index contributed by atoms with van der Waals surface area (Å²) in [6, 6.07) is 0. The maximum Gasteiger partial charge on any atom is 0.239 e. The second kappa shape index (κ2) is 12.6. The zero-order valence-electron chi connectivity index (χ0n) is 13.1. The summed E-state index contributed by atoms with van der Waals surface area (Å²) >= 11 is 1.64. The van der Waals surface area contributed by atoms with Crippen molar-refractivity contribution in [3.63, 3.8) is 0 Å². The zero-order chi connectivity index (χ0) is 15.5. The first-order chi connectivity index (χ1) is 10.2.